The van der Waals surface area contributed by atoms with Crippen LogP contribution in [-0.2, 0) is 0 Å². The van der Waals surface area contributed by atoms with Gasteiger partial charge in [-0.1, -0.05) is 30.3 Å². The Kier molecular flexibility index (Phi) is 3.36. The summed E-state index contributed by atoms with van der Waals surface area (Å²) >= 11 is 0. The minimum Gasteiger partial charge on any atom is -0.348 e. The smallest absolute Gasteiger partial charge is 0.186 e. The van der Waals surface area contributed by atoms with Crippen LogP contribution >= 0.6 is 0 Å². The van der Waals surface area contributed by atoms with E-state index in [0.717, 1.165) is 11.4 Å². The van der Waals surface area contributed by atoms with Gasteiger partial charge in [0.05, 0.1) is 12.0 Å². The van der Waals surface area contributed by atoms with Gasteiger partial charge in [0.15, 0.2) is 5.78 Å². The molecule has 3 aromatic rings. The van der Waals surface area contributed by atoms with E-state index in [1.807, 2.05) is 6.92 Å². The second-order valence-corrected chi connectivity index (χ2v) is 4.75. The lowest BCUT2D eigenvalue weighted by atomic mass is 10.0. The van der Waals surface area contributed by atoms with Crippen LogP contribution in [0.4, 0.5) is 4.39 Å². The van der Waals surface area contributed by atoms with Crippen LogP contribution in [-0.4, -0.2) is 15.8 Å². The summed E-state index contributed by atoms with van der Waals surface area (Å²) in [4.78, 5) is 19.4. The van der Waals surface area contributed by atoms with Crippen LogP contribution < -0.4 is 0 Å². The molecule has 0 unspecified atom stereocenters. The van der Waals surface area contributed by atoms with Gasteiger partial charge in [-0.3, -0.25) is 4.79 Å². The van der Waals surface area contributed by atoms with Crippen molar-refractivity contribution in [3.8, 4) is 0 Å². The van der Waals surface area contributed by atoms with Gasteiger partial charge in [0.2, 0.25) is 0 Å². The first kappa shape index (κ1) is 13.2. The molecule has 0 saturated heterocycles. The van der Waals surface area contributed by atoms with E-state index in [2.05, 4.69) is 9.97 Å². The molecule has 21 heavy (non-hydrogen) atoms. The Hall–Kier alpha value is -2.75. The highest BCUT2D eigenvalue weighted by atomic mass is 19.1. The monoisotopic (exact) mass is 280 g/mol. The van der Waals surface area contributed by atoms with Gasteiger partial charge in [0.1, 0.15) is 5.82 Å². The average Bonchev–Trinajstić information content (AvgIpc) is 2.90. The Balaban J connectivity index is 2.01. The first-order valence-corrected chi connectivity index (χ1v) is 6.56. The van der Waals surface area contributed by atoms with E-state index in [9.17, 15) is 9.18 Å². The highest BCUT2D eigenvalue weighted by molar-refractivity contribution is 6.14. The van der Waals surface area contributed by atoms with E-state index in [4.69, 9.17) is 0 Å². The number of ketones is 1. The molecule has 0 aliphatic heterocycles. The fourth-order valence-corrected chi connectivity index (χ4v) is 2.27. The molecule has 2 aromatic carbocycles. The number of rotatable bonds is 3. The molecule has 3 nitrogen and oxygen atoms in total. The molecule has 1 heterocycles. The predicted molar refractivity (Wildman–Crippen MR) is 80.6 cm³/mol. The number of aromatic amines is 1. The van der Waals surface area contributed by atoms with Crippen LogP contribution in [0.1, 0.15) is 21.7 Å². The molecule has 3 rings (SSSR count). The van der Waals surface area contributed by atoms with Crippen LogP contribution in [0.15, 0.2) is 48.8 Å². The fourth-order valence-electron chi connectivity index (χ4n) is 2.27. The minimum atomic E-state index is -0.325. The summed E-state index contributed by atoms with van der Waals surface area (Å²) < 4.78 is 13.7. The van der Waals surface area contributed by atoms with Crippen molar-refractivity contribution in [3.05, 3.63) is 71.6 Å². The van der Waals surface area contributed by atoms with E-state index in [1.165, 1.54) is 12.1 Å². The number of nitrogens with one attached hydrogen (secondary N) is 1. The Morgan fingerprint density at radius 3 is 2.71 bits per heavy atom. The first-order valence-electron chi connectivity index (χ1n) is 6.56. The van der Waals surface area contributed by atoms with Crippen LogP contribution in [0.25, 0.3) is 16.8 Å². The minimum absolute atomic E-state index is 0.173. The summed E-state index contributed by atoms with van der Waals surface area (Å²) in [6.07, 6.45) is 4.70. The maximum Gasteiger partial charge on any atom is 0.186 e. The maximum atomic E-state index is 13.7. The molecule has 0 atom stereocenters. The van der Waals surface area contributed by atoms with Crippen LogP contribution in [0.5, 0.6) is 0 Å². The topological polar surface area (TPSA) is 45.8 Å². The zero-order valence-corrected chi connectivity index (χ0v) is 11.4. The van der Waals surface area contributed by atoms with E-state index in [0.29, 0.717) is 16.3 Å². The molecule has 0 bridgehead atoms. The molecule has 4 heteroatoms. The normalized spacial score (nSPS) is 11.3. The Bertz CT molecular complexity index is 849. The summed E-state index contributed by atoms with van der Waals surface area (Å²) in [6.45, 7) is 1.88. The Morgan fingerprint density at radius 2 is 1.95 bits per heavy atom. The molecule has 0 radical (unpaired) electrons. The summed E-state index contributed by atoms with van der Waals surface area (Å²) in [5.41, 5.74) is 2.09. The van der Waals surface area contributed by atoms with E-state index in [-0.39, 0.29) is 11.6 Å². The van der Waals surface area contributed by atoms with Gasteiger partial charge in [0.25, 0.3) is 0 Å². The fraction of sp³-hybridized carbons (Fsp3) is 0.0588. The zero-order chi connectivity index (χ0) is 14.8. The number of imidazole rings is 1. The average molecular weight is 280 g/mol. The number of benzene rings is 2. The van der Waals surface area contributed by atoms with Crippen molar-refractivity contribution >= 4 is 22.6 Å². The van der Waals surface area contributed by atoms with Gasteiger partial charge >= 0.3 is 0 Å². The lowest BCUT2D eigenvalue weighted by Crippen LogP contribution is -1.96. The first-order chi connectivity index (χ1) is 10.2. The van der Waals surface area contributed by atoms with Crippen LogP contribution in [0.2, 0.25) is 0 Å². The molecular weight excluding hydrogens is 267 g/mol. The molecule has 0 saturated carbocycles. The number of nitrogens with zero attached hydrogens (tertiary/aromatic N) is 1. The molecule has 0 spiro atoms. The number of allylic oxidation sites excluding steroid dienone is 1. The number of hydrogen-bond donors (Lipinski definition) is 1. The molecular formula is C17H13FN2O. The van der Waals surface area contributed by atoms with Crippen LogP contribution in [0.3, 0.4) is 0 Å². The van der Waals surface area contributed by atoms with Crippen molar-refractivity contribution in [2.45, 2.75) is 6.92 Å². The molecule has 0 fully saturated rings. The van der Waals surface area contributed by atoms with Gasteiger partial charge in [0, 0.05) is 16.6 Å². The molecule has 104 valence electrons. The van der Waals surface area contributed by atoms with Crippen molar-refractivity contribution in [2.24, 2.45) is 0 Å². The third kappa shape index (κ3) is 2.48. The second-order valence-electron chi connectivity index (χ2n) is 4.75. The van der Waals surface area contributed by atoms with Crippen molar-refractivity contribution in [1.82, 2.24) is 9.97 Å². The zero-order valence-electron chi connectivity index (χ0n) is 11.4. The number of H-pyrrole nitrogens is 1. The second kappa shape index (κ2) is 5.32. The van der Waals surface area contributed by atoms with Crippen molar-refractivity contribution in [1.29, 1.82) is 0 Å². The number of hydrogen-bond acceptors (Lipinski definition) is 2. The summed E-state index contributed by atoms with van der Waals surface area (Å²) in [5.74, 6) is -0.497. The Labute approximate surface area is 121 Å². The van der Waals surface area contributed by atoms with E-state index >= 15 is 0 Å². The van der Waals surface area contributed by atoms with Gasteiger partial charge in [-0.25, -0.2) is 9.37 Å². The highest BCUT2D eigenvalue weighted by Crippen LogP contribution is 2.22. The lowest BCUT2D eigenvalue weighted by molar-refractivity contribution is 0.104. The molecule has 1 aromatic heterocycles. The molecule has 0 aliphatic carbocycles. The SMILES string of the molecule is Cc1[nH]cnc1C=CC(=O)c1cccc2c(F)cccc12. The number of aryl methyl sites for hydroxylation is 1. The molecule has 0 amide bonds. The predicted octanol–water partition coefficient (Wildman–Crippen LogP) is 3.91. The molecule has 0 aliphatic rings. The third-order valence-corrected chi connectivity index (χ3v) is 3.40. The number of halogens is 1. The molecule has 1 N–H and O–H groups in total. The van der Waals surface area contributed by atoms with Gasteiger partial charge in [-0.15, -0.1) is 0 Å². The van der Waals surface area contributed by atoms with Gasteiger partial charge in [-0.05, 0) is 30.5 Å². The lowest BCUT2D eigenvalue weighted by Gasteiger charge is -2.04. The quantitative estimate of drug-likeness (QED) is 0.584. The van der Waals surface area contributed by atoms with Crippen LogP contribution in [0, 0.1) is 12.7 Å². The van der Waals surface area contributed by atoms with Gasteiger partial charge < -0.3 is 4.98 Å². The summed E-state index contributed by atoms with van der Waals surface area (Å²) in [5, 5.41) is 1.07. The van der Waals surface area contributed by atoms with E-state index in [1.54, 1.807) is 42.7 Å². The number of carbonyl (C=O) groups is 1. The number of carbonyl (C=O) groups excluding carboxylic acids is 1. The maximum absolute atomic E-state index is 13.7. The number of aromatic nitrogens is 2. The number of fused-ring (bicyclic) bond motifs is 1. The van der Waals surface area contributed by atoms with Crippen molar-refractivity contribution < 1.29 is 9.18 Å². The summed E-state index contributed by atoms with van der Waals surface area (Å²) in [7, 11) is 0. The third-order valence-electron chi connectivity index (χ3n) is 3.40. The largest absolute Gasteiger partial charge is 0.348 e. The Morgan fingerprint density at radius 1 is 1.19 bits per heavy atom. The standard InChI is InChI=1S/C17H13FN2O/c1-11-16(20-10-19-11)8-9-17(21)14-6-2-5-13-12(14)4-3-7-15(13)18/h2-10H,1H3,(H,19,20). The highest BCUT2D eigenvalue weighted by Gasteiger charge is 2.09. The van der Waals surface area contributed by atoms with E-state index < -0.39 is 0 Å². The van der Waals surface area contributed by atoms with Crippen molar-refractivity contribution in [2.75, 3.05) is 0 Å². The summed E-state index contributed by atoms with van der Waals surface area (Å²) in [6, 6.07) is 9.80. The van der Waals surface area contributed by atoms with Crippen molar-refractivity contribution in [3.63, 3.8) is 0 Å². The van der Waals surface area contributed by atoms with Gasteiger partial charge in [-0.2, -0.15) is 0 Å².